The molecule has 0 saturated carbocycles. The number of hydrogen-bond donors (Lipinski definition) is 0. The molecule has 1 amide bonds. The molecule has 0 bridgehead atoms. The Morgan fingerprint density at radius 1 is 1.50 bits per heavy atom. The van der Waals surface area contributed by atoms with Crippen LogP contribution in [-0.4, -0.2) is 44.6 Å². The van der Waals surface area contributed by atoms with E-state index in [2.05, 4.69) is 14.6 Å². The molecule has 3 rings (SSSR count). The number of amides is 1. The highest BCUT2D eigenvalue weighted by Crippen LogP contribution is 2.20. The summed E-state index contributed by atoms with van der Waals surface area (Å²) in [6, 6.07) is 5.55. The summed E-state index contributed by atoms with van der Waals surface area (Å²) in [5, 5.41) is 3.88. The quantitative estimate of drug-likeness (QED) is 0.857. The standard InChI is InChI=1S/C13H14N4O2S/c1-9-12(20-16-15-9)13(18)17-7-5-10(8-17)19-11-4-2-3-6-14-11/h2-4,6,10H,5,7-8H2,1H3. The summed E-state index contributed by atoms with van der Waals surface area (Å²) in [5.74, 6) is 0.590. The third-order valence-corrected chi connectivity index (χ3v) is 4.02. The van der Waals surface area contributed by atoms with Crippen LogP contribution >= 0.6 is 11.5 Å². The molecule has 1 aliphatic rings. The first-order valence-electron chi connectivity index (χ1n) is 6.40. The topological polar surface area (TPSA) is 68.2 Å². The number of aromatic nitrogens is 3. The smallest absolute Gasteiger partial charge is 0.267 e. The van der Waals surface area contributed by atoms with Crippen molar-refractivity contribution in [1.29, 1.82) is 0 Å². The predicted molar refractivity (Wildman–Crippen MR) is 73.8 cm³/mol. The van der Waals surface area contributed by atoms with Crippen LogP contribution in [0.2, 0.25) is 0 Å². The maximum absolute atomic E-state index is 12.3. The van der Waals surface area contributed by atoms with E-state index in [0.29, 0.717) is 29.5 Å². The van der Waals surface area contributed by atoms with E-state index in [4.69, 9.17) is 4.74 Å². The van der Waals surface area contributed by atoms with Crippen LogP contribution in [0.15, 0.2) is 24.4 Å². The lowest BCUT2D eigenvalue weighted by Crippen LogP contribution is -2.30. The number of ether oxygens (including phenoxy) is 1. The second kappa shape index (κ2) is 5.54. The highest BCUT2D eigenvalue weighted by Gasteiger charge is 2.30. The van der Waals surface area contributed by atoms with Crippen LogP contribution in [0.4, 0.5) is 0 Å². The number of hydrogen-bond acceptors (Lipinski definition) is 6. The second-order valence-corrected chi connectivity index (χ2v) is 5.39. The molecule has 20 heavy (non-hydrogen) atoms. The Kier molecular flexibility index (Phi) is 3.60. The zero-order valence-corrected chi connectivity index (χ0v) is 11.8. The molecule has 1 fully saturated rings. The predicted octanol–water partition coefficient (Wildman–Crippen LogP) is 1.54. The highest BCUT2D eigenvalue weighted by atomic mass is 32.1. The zero-order valence-electron chi connectivity index (χ0n) is 11.0. The van der Waals surface area contributed by atoms with E-state index in [1.165, 1.54) is 0 Å². The lowest BCUT2D eigenvalue weighted by Gasteiger charge is -2.16. The summed E-state index contributed by atoms with van der Waals surface area (Å²) in [6.45, 7) is 3.06. The number of rotatable bonds is 3. The lowest BCUT2D eigenvalue weighted by atomic mass is 10.3. The van der Waals surface area contributed by atoms with Gasteiger partial charge in [0.25, 0.3) is 5.91 Å². The van der Waals surface area contributed by atoms with Gasteiger partial charge in [-0.15, -0.1) is 5.10 Å². The summed E-state index contributed by atoms with van der Waals surface area (Å²) in [5.41, 5.74) is 0.689. The zero-order chi connectivity index (χ0) is 13.9. The van der Waals surface area contributed by atoms with Gasteiger partial charge in [-0.1, -0.05) is 10.6 Å². The lowest BCUT2D eigenvalue weighted by molar-refractivity contribution is 0.0775. The van der Waals surface area contributed by atoms with Crippen molar-refractivity contribution in [2.24, 2.45) is 0 Å². The molecular weight excluding hydrogens is 276 g/mol. The molecule has 0 aliphatic carbocycles. The van der Waals surface area contributed by atoms with Gasteiger partial charge in [0.15, 0.2) is 0 Å². The number of nitrogens with zero attached hydrogens (tertiary/aromatic N) is 4. The first kappa shape index (κ1) is 13.0. The number of aryl methyl sites for hydroxylation is 1. The van der Waals surface area contributed by atoms with Crippen LogP contribution < -0.4 is 4.74 Å². The van der Waals surface area contributed by atoms with Gasteiger partial charge >= 0.3 is 0 Å². The molecule has 0 aromatic carbocycles. The van der Waals surface area contributed by atoms with Crippen LogP contribution in [-0.2, 0) is 0 Å². The van der Waals surface area contributed by atoms with Crippen molar-refractivity contribution in [2.75, 3.05) is 13.1 Å². The minimum atomic E-state index is -0.00961. The molecule has 1 saturated heterocycles. The van der Waals surface area contributed by atoms with Gasteiger partial charge in [-0.2, -0.15) is 0 Å². The van der Waals surface area contributed by atoms with Crippen LogP contribution in [0.3, 0.4) is 0 Å². The SMILES string of the molecule is Cc1nnsc1C(=O)N1CCC(Oc2ccccn2)C1. The van der Waals surface area contributed by atoms with Crippen molar-refractivity contribution >= 4 is 17.4 Å². The van der Waals surface area contributed by atoms with Crippen molar-refractivity contribution in [3.05, 3.63) is 35.0 Å². The fourth-order valence-electron chi connectivity index (χ4n) is 2.17. The van der Waals surface area contributed by atoms with E-state index in [0.717, 1.165) is 18.0 Å². The molecule has 0 spiro atoms. The Morgan fingerprint density at radius 2 is 2.40 bits per heavy atom. The molecular formula is C13H14N4O2S. The number of pyridine rings is 1. The van der Waals surface area contributed by atoms with Crippen LogP contribution in [0.1, 0.15) is 21.8 Å². The summed E-state index contributed by atoms with van der Waals surface area (Å²) >= 11 is 1.14. The van der Waals surface area contributed by atoms with Crippen molar-refractivity contribution in [3.8, 4) is 5.88 Å². The van der Waals surface area contributed by atoms with Crippen molar-refractivity contribution in [3.63, 3.8) is 0 Å². The van der Waals surface area contributed by atoms with Gasteiger partial charge in [-0.3, -0.25) is 4.79 Å². The molecule has 1 aliphatic heterocycles. The molecule has 7 heteroatoms. The van der Waals surface area contributed by atoms with Crippen LogP contribution in [0, 0.1) is 6.92 Å². The van der Waals surface area contributed by atoms with Gasteiger partial charge in [0, 0.05) is 25.2 Å². The third-order valence-electron chi connectivity index (χ3n) is 3.20. The van der Waals surface area contributed by atoms with Gasteiger partial charge in [0.05, 0.1) is 12.2 Å². The molecule has 1 unspecified atom stereocenters. The van der Waals surface area contributed by atoms with Crippen molar-refractivity contribution in [2.45, 2.75) is 19.4 Å². The monoisotopic (exact) mass is 290 g/mol. The minimum Gasteiger partial charge on any atom is -0.472 e. The summed E-state index contributed by atoms with van der Waals surface area (Å²) < 4.78 is 9.57. The molecule has 1 atom stereocenters. The van der Waals surface area contributed by atoms with Gasteiger partial charge in [0.1, 0.15) is 11.0 Å². The Balaban J connectivity index is 1.62. The molecule has 2 aromatic heterocycles. The van der Waals surface area contributed by atoms with Gasteiger partial charge in [0.2, 0.25) is 5.88 Å². The van der Waals surface area contributed by atoms with Crippen LogP contribution in [0.25, 0.3) is 0 Å². The minimum absolute atomic E-state index is 0.00460. The Bertz CT molecular complexity index is 601. The van der Waals surface area contributed by atoms with E-state index >= 15 is 0 Å². The number of likely N-dealkylation sites (tertiary alicyclic amines) is 1. The third kappa shape index (κ3) is 2.62. The Labute approximate surface area is 120 Å². The fraction of sp³-hybridized carbons (Fsp3) is 0.385. The molecule has 2 aromatic rings. The van der Waals surface area contributed by atoms with Crippen LogP contribution in [0.5, 0.6) is 5.88 Å². The first-order valence-corrected chi connectivity index (χ1v) is 7.17. The Hall–Kier alpha value is -2.02. The van der Waals surface area contributed by atoms with Gasteiger partial charge in [-0.05, 0) is 24.5 Å². The van der Waals surface area contributed by atoms with Gasteiger partial charge in [-0.25, -0.2) is 4.98 Å². The normalized spacial score (nSPS) is 18.2. The van der Waals surface area contributed by atoms with Crippen molar-refractivity contribution in [1.82, 2.24) is 19.5 Å². The average Bonchev–Trinajstić information content (AvgIpc) is 3.08. The summed E-state index contributed by atoms with van der Waals surface area (Å²) in [7, 11) is 0. The molecule has 104 valence electrons. The van der Waals surface area contributed by atoms with Gasteiger partial charge < -0.3 is 9.64 Å². The summed E-state index contributed by atoms with van der Waals surface area (Å²) in [4.78, 5) is 18.8. The van der Waals surface area contributed by atoms with E-state index in [9.17, 15) is 4.79 Å². The molecule has 6 nitrogen and oxygen atoms in total. The Morgan fingerprint density at radius 3 is 3.10 bits per heavy atom. The first-order chi connectivity index (χ1) is 9.74. The van der Waals surface area contributed by atoms with E-state index in [-0.39, 0.29) is 12.0 Å². The summed E-state index contributed by atoms with van der Waals surface area (Å²) in [6.07, 6.45) is 2.50. The largest absolute Gasteiger partial charge is 0.472 e. The fourth-order valence-corrected chi connectivity index (χ4v) is 2.79. The molecule has 3 heterocycles. The van der Waals surface area contributed by atoms with E-state index < -0.39 is 0 Å². The number of carbonyl (C=O) groups excluding carboxylic acids is 1. The number of carbonyl (C=O) groups is 1. The second-order valence-electron chi connectivity index (χ2n) is 4.64. The maximum atomic E-state index is 12.3. The molecule has 0 N–H and O–H groups in total. The maximum Gasteiger partial charge on any atom is 0.267 e. The highest BCUT2D eigenvalue weighted by molar-refractivity contribution is 7.07. The van der Waals surface area contributed by atoms with E-state index in [1.54, 1.807) is 18.0 Å². The van der Waals surface area contributed by atoms with Crippen molar-refractivity contribution < 1.29 is 9.53 Å². The molecule has 0 radical (unpaired) electrons. The van der Waals surface area contributed by atoms with E-state index in [1.807, 2.05) is 18.2 Å². The average molecular weight is 290 g/mol.